The average molecular weight is 901 g/mol. The maximum atomic E-state index is 14.7. The Labute approximate surface area is 317 Å². The van der Waals surface area contributed by atoms with Crippen LogP contribution in [0, 0.1) is 0 Å². The molecule has 19 nitrogen and oxygen atoms in total. The fourth-order valence-corrected chi connectivity index (χ4v) is 5.67. The molecule has 0 aromatic heterocycles. The van der Waals surface area contributed by atoms with Crippen LogP contribution in [0.3, 0.4) is 0 Å². The Hall–Kier alpha value is -3.00. The molecule has 0 fully saturated rings. The molecule has 0 unspecified atom stereocenters. The highest BCUT2D eigenvalue weighted by Crippen LogP contribution is 2.33. The standard InChI is InChI=1S/C16H17Cl3FNO10S.C10H15BrFNO7/c1-28-21-4-11(20)16(30-15(25)6-23)12(7-29-14(24)5-22)31-32(26,27)13-3-9(18)8(17)2-10(13)19;1-18-13-2-7(12)10(20-9(17)4-15)6(11)5-19-8(16)3-14/h2-4,11-12,16,22-23H,5-7H2,1H3;2,6-7,10,14-15H,3-5H2,1H3/t11-,12-,16+;6-,7+,10+/m10/s1. The lowest BCUT2D eigenvalue weighted by Crippen LogP contribution is -2.46. The first-order valence-corrected chi connectivity index (χ1v) is 17.1. The predicted octanol–water partition coefficient (Wildman–Crippen LogP) is 0.290. The highest BCUT2D eigenvalue weighted by Gasteiger charge is 2.39. The monoisotopic (exact) mass is 898 g/mol. The topological polar surface area (TPSA) is 273 Å². The first-order valence-electron chi connectivity index (χ1n) is 13.7. The lowest BCUT2D eigenvalue weighted by molar-refractivity contribution is -0.165. The molecule has 1 rings (SSSR count). The molecule has 0 spiro atoms. The van der Waals surface area contributed by atoms with E-state index in [9.17, 15) is 36.4 Å². The third kappa shape index (κ3) is 18.2. The minimum atomic E-state index is -4.85. The Morgan fingerprint density at radius 1 is 0.750 bits per heavy atom. The van der Waals surface area contributed by atoms with Crippen LogP contribution in [0.2, 0.25) is 15.1 Å². The van der Waals surface area contributed by atoms with Gasteiger partial charge in [0.2, 0.25) is 0 Å². The zero-order chi connectivity index (χ0) is 40.0. The third-order valence-electron chi connectivity index (χ3n) is 5.33. The number of halogens is 6. The quantitative estimate of drug-likeness (QED) is 0.0246. The van der Waals surface area contributed by atoms with E-state index in [1.165, 1.54) is 7.11 Å². The summed E-state index contributed by atoms with van der Waals surface area (Å²) in [4.78, 5) is 51.7. The van der Waals surface area contributed by atoms with E-state index in [0.717, 1.165) is 25.5 Å². The molecule has 6 atom stereocenters. The molecule has 0 amide bonds. The normalized spacial score (nSPS) is 14.9. The van der Waals surface area contributed by atoms with Crippen LogP contribution in [0.15, 0.2) is 27.3 Å². The predicted molar refractivity (Wildman–Crippen MR) is 177 cm³/mol. The van der Waals surface area contributed by atoms with Crippen LogP contribution in [0.4, 0.5) is 8.78 Å². The number of rotatable bonds is 21. The van der Waals surface area contributed by atoms with Crippen molar-refractivity contribution in [1.29, 1.82) is 0 Å². The molecule has 0 aliphatic rings. The molecule has 4 N–H and O–H groups in total. The van der Waals surface area contributed by atoms with Gasteiger partial charge in [-0.3, -0.25) is 4.18 Å². The molecule has 296 valence electrons. The van der Waals surface area contributed by atoms with Gasteiger partial charge in [0.15, 0.2) is 30.7 Å². The second kappa shape index (κ2) is 25.9. The van der Waals surface area contributed by atoms with Gasteiger partial charge in [-0.05, 0) is 12.1 Å². The molecule has 0 aliphatic heterocycles. The van der Waals surface area contributed by atoms with E-state index in [1.807, 2.05) is 0 Å². The molecule has 0 bridgehead atoms. The fraction of sp³-hybridized carbons (Fsp3) is 0.538. The van der Waals surface area contributed by atoms with E-state index >= 15 is 0 Å². The van der Waals surface area contributed by atoms with Crippen molar-refractivity contribution in [3.63, 3.8) is 0 Å². The van der Waals surface area contributed by atoms with Crippen LogP contribution < -0.4 is 0 Å². The van der Waals surface area contributed by atoms with E-state index in [4.69, 9.17) is 64.1 Å². The summed E-state index contributed by atoms with van der Waals surface area (Å²) in [6.45, 7) is -5.42. The number of nitrogens with zero attached hydrogens (tertiary/aromatic N) is 2. The Balaban J connectivity index is 0.00000112. The Morgan fingerprint density at radius 2 is 1.17 bits per heavy atom. The van der Waals surface area contributed by atoms with Crippen LogP contribution in [0.5, 0.6) is 0 Å². The average Bonchev–Trinajstić information content (AvgIpc) is 3.12. The van der Waals surface area contributed by atoms with Crippen molar-refractivity contribution in [3.8, 4) is 0 Å². The number of hydrogen-bond donors (Lipinski definition) is 4. The van der Waals surface area contributed by atoms with Crippen molar-refractivity contribution in [2.45, 2.75) is 40.4 Å². The lowest BCUT2D eigenvalue weighted by Gasteiger charge is -2.27. The van der Waals surface area contributed by atoms with Crippen molar-refractivity contribution in [1.82, 2.24) is 0 Å². The van der Waals surface area contributed by atoms with Crippen molar-refractivity contribution in [2.75, 3.05) is 53.9 Å². The Bertz CT molecular complexity index is 1480. The SMILES string of the molecule is CON=C[C@@H](F)[C@H](OC(=O)CO)[C@@H](Br)COC(=O)CO.CON=C[C@@H](F)[C@H](OC(=O)CO)[C@@H](COC(=O)CO)OS(=O)(=O)c1cc(Cl)c(Cl)cc1Cl. The van der Waals surface area contributed by atoms with Crippen LogP contribution in [-0.4, -0.2) is 154 Å². The summed E-state index contributed by atoms with van der Waals surface area (Å²) in [6.07, 6.45) is -8.52. The minimum Gasteiger partial charge on any atom is -0.463 e. The molecule has 26 heteroatoms. The van der Waals surface area contributed by atoms with E-state index in [0.29, 0.717) is 6.21 Å². The summed E-state index contributed by atoms with van der Waals surface area (Å²) in [6, 6.07) is 1.86. The molecule has 52 heavy (non-hydrogen) atoms. The van der Waals surface area contributed by atoms with Crippen molar-refractivity contribution in [3.05, 3.63) is 27.2 Å². The second-order valence-electron chi connectivity index (χ2n) is 8.97. The first-order chi connectivity index (χ1) is 24.4. The van der Waals surface area contributed by atoms with Gasteiger partial charge in [0.05, 0.1) is 32.3 Å². The summed E-state index contributed by atoms with van der Waals surface area (Å²) in [5.74, 6) is -4.56. The number of ether oxygens (including phenoxy) is 4. The second-order valence-corrected chi connectivity index (χ2v) is 12.9. The summed E-state index contributed by atoms with van der Waals surface area (Å²) in [5.41, 5.74) is 0. The lowest BCUT2D eigenvalue weighted by atomic mass is 10.1. The van der Waals surface area contributed by atoms with Gasteiger partial charge < -0.3 is 49.0 Å². The third-order valence-corrected chi connectivity index (χ3v) is 8.64. The van der Waals surface area contributed by atoms with Crippen LogP contribution in [-0.2, 0) is 62.1 Å². The molecule has 1 aromatic carbocycles. The fourth-order valence-electron chi connectivity index (χ4n) is 3.09. The largest absolute Gasteiger partial charge is 0.463 e. The number of carbonyl (C=O) groups is 4. The van der Waals surface area contributed by atoms with E-state index in [-0.39, 0.29) is 16.7 Å². The van der Waals surface area contributed by atoms with Crippen LogP contribution >= 0.6 is 50.7 Å². The maximum Gasteiger partial charge on any atom is 0.332 e. The number of aliphatic hydroxyl groups excluding tert-OH is 4. The smallest absolute Gasteiger partial charge is 0.332 e. The van der Waals surface area contributed by atoms with Crippen molar-refractivity contribution in [2.24, 2.45) is 10.3 Å². The van der Waals surface area contributed by atoms with E-state index < -0.39 is 112 Å². The number of hydrogen-bond acceptors (Lipinski definition) is 19. The number of alkyl halides is 3. The Morgan fingerprint density at radius 3 is 1.63 bits per heavy atom. The zero-order valence-electron chi connectivity index (χ0n) is 26.7. The highest BCUT2D eigenvalue weighted by atomic mass is 79.9. The van der Waals surface area contributed by atoms with Crippen LogP contribution in [0.25, 0.3) is 0 Å². The molecule has 0 radical (unpaired) electrons. The minimum absolute atomic E-state index is 0.0709. The van der Waals surface area contributed by atoms with Gasteiger partial charge in [-0.25, -0.2) is 28.0 Å². The summed E-state index contributed by atoms with van der Waals surface area (Å²) in [5, 5.41) is 40.4. The van der Waals surface area contributed by atoms with Gasteiger partial charge >= 0.3 is 23.9 Å². The Kier molecular flexibility index (Phi) is 24.4. The van der Waals surface area contributed by atoms with Crippen LogP contribution in [0.1, 0.15) is 0 Å². The van der Waals surface area contributed by atoms with Gasteiger partial charge in [0.25, 0.3) is 10.1 Å². The van der Waals surface area contributed by atoms with Crippen molar-refractivity contribution >= 4 is 97.2 Å². The number of benzene rings is 1. The van der Waals surface area contributed by atoms with Crippen molar-refractivity contribution < 1.29 is 89.6 Å². The zero-order valence-corrected chi connectivity index (χ0v) is 31.4. The molecule has 0 saturated carbocycles. The summed E-state index contributed by atoms with van der Waals surface area (Å²) < 4.78 is 77.5. The molecule has 1 aromatic rings. The molecular weight excluding hydrogens is 869 g/mol. The number of oxime groups is 2. The molecule has 0 heterocycles. The first kappa shape index (κ1) is 49.0. The number of aliphatic hydroxyl groups is 4. The number of carbonyl (C=O) groups excluding carboxylic acids is 4. The van der Waals surface area contributed by atoms with Gasteiger partial charge in [-0.1, -0.05) is 61.0 Å². The van der Waals surface area contributed by atoms with E-state index in [1.54, 1.807) is 0 Å². The summed E-state index contributed by atoms with van der Waals surface area (Å²) >= 11 is 20.5. The maximum absolute atomic E-state index is 14.7. The molecular formula is C26H32BrCl3F2N2O17S. The number of esters is 4. The highest BCUT2D eigenvalue weighted by molar-refractivity contribution is 9.09. The van der Waals surface area contributed by atoms with Gasteiger partial charge in [-0.2, -0.15) is 8.42 Å². The molecule has 0 saturated heterocycles. The van der Waals surface area contributed by atoms with Gasteiger partial charge in [0.1, 0.15) is 58.8 Å². The van der Waals surface area contributed by atoms with Gasteiger partial charge in [0, 0.05) is 0 Å². The van der Waals surface area contributed by atoms with E-state index in [2.05, 4.69) is 50.1 Å². The van der Waals surface area contributed by atoms with Gasteiger partial charge in [-0.15, -0.1) is 0 Å². The summed E-state index contributed by atoms with van der Waals surface area (Å²) in [7, 11) is -2.57. The molecule has 0 aliphatic carbocycles.